The number of sulfonamides is 1. The van der Waals surface area contributed by atoms with Gasteiger partial charge in [-0.15, -0.1) is 23.1 Å². The van der Waals surface area contributed by atoms with Gasteiger partial charge in [0.1, 0.15) is 16.1 Å². The summed E-state index contributed by atoms with van der Waals surface area (Å²) in [6, 6.07) is 14.0. The van der Waals surface area contributed by atoms with Crippen molar-refractivity contribution in [2.45, 2.75) is 27.8 Å². The maximum atomic E-state index is 13.5. The number of likely N-dealkylation sites (N-methyl/N-ethyl adjacent to an activating group) is 1. The Labute approximate surface area is 205 Å². The molecule has 11 heteroatoms. The lowest BCUT2D eigenvalue weighted by atomic mass is 10.1. The second-order valence-corrected chi connectivity index (χ2v) is 11.8. The summed E-state index contributed by atoms with van der Waals surface area (Å²) >= 11 is 2.70. The minimum atomic E-state index is -4.62. The van der Waals surface area contributed by atoms with Crippen molar-refractivity contribution >= 4 is 38.8 Å². The number of thiophene rings is 1. The van der Waals surface area contributed by atoms with E-state index < -0.39 is 27.9 Å². The molecule has 1 atom stereocenters. The monoisotopic (exact) mass is 528 g/mol. The fourth-order valence-electron chi connectivity index (χ4n) is 3.67. The number of benzene rings is 2. The third-order valence-corrected chi connectivity index (χ3v) is 9.15. The third kappa shape index (κ3) is 5.70. The Bertz CT molecular complexity index is 1260. The Hall–Kier alpha value is -2.21. The van der Waals surface area contributed by atoms with E-state index in [0.717, 1.165) is 51.4 Å². The molecule has 3 aromatic rings. The van der Waals surface area contributed by atoms with E-state index in [1.165, 1.54) is 6.07 Å². The molecule has 0 bridgehead atoms. The fraction of sp³-hybridized carbons (Fsp3) is 0.304. The van der Waals surface area contributed by atoms with Crippen molar-refractivity contribution in [3.8, 4) is 16.2 Å². The van der Waals surface area contributed by atoms with Crippen LogP contribution >= 0.6 is 23.1 Å². The molecule has 1 saturated heterocycles. The van der Waals surface area contributed by atoms with Crippen LogP contribution in [0.15, 0.2) is 63.7 Å². The zero-order valence-electron chi connectivity index (χ0n) is 18.4. The van der Waals surface area contributed by atoms with E-state index >= 15 is 0 Å². The molecule has 0 saturated carbocycles. The number of alkyl halides is 3. The summed E-state index contributed by atoms with van der Waals surface area (Å²) in [6.45, 7) is 1.22. The number of hydrogen-bond donors (Lipinski definition) is 1. The van der Waals surface area contributed by atoms with Gasteiger partial charge in [-0.05, 0) is 61.7 Å². The number of thioether (sulfide) groups is 1. The highest BCUT2D eigenvalue weighted by molar-refractivity contribution is 7.98. The lowest BCUT2D eigenvalue weighted by molar-refractivity contribution is -0.139. The molecule has 0 radical (unpaired) electrons. The molecule has 0 spiro atoms. The third-order valence-electron chi connectivity index (χ3n) is 5.40. The van der Waals surface area contributed by atoms with Crippen molar-refractivity contribution in [1.29, 1.82) is 0 Å². The van der Waals surface area contributed by atoms with E-state index in [1.807, 2.05) is 42.5 Å². The summed E-state index contributed by atoms with van der Waals surface area (Å²) in [7, 11) is -2.13. The quantitative estimate of drug-likeness (QED) is 0.379. The fourth-order valence-corrected chi connectivity index (χ4v) is 6.44. The van der Waals surface area contributed by atoms with Crippen LogP contribution in [0.1, 0.15) is 12.0 Å². The first-order valence-corrected chi connectivity index (χ1v) is 13.9. The van der Waals surface area contributed by atoms with Crippen molar-refractivity contribution < 1.29 is 26.3 Å². The molecule has 1 aliphatic rings. The standard InChI is InChI=1S/C23H23F3N2O3S3/c1-28-12-11-17(14-28)31-20-13-16(5-8-19(20)23(24,25)26)27-34(29,30)22-10-9-21(33-22)15-3-6-18(32-2)7-4-15/h3-10,13,17,27H,11-12,14H2,1-2H3/t17-/m1/s1. The van der Waals surface area contributed by atoms with E-state index in [9.17, 15) is 21.6 Å². The molecule has 182 valence electrons. The lowest BCUT2D eigenvalue weighted by Gasteiger charge is -2.19. The van der Waals surface area contributed by atoms with Crippen molar-refractivity contribution in [2.24, 2.45) is 0 Å². The summed E-state index contributed by atoms with van der Waals surface area (Å²) in [5, 5.41) is 0. The number of likely N-dealkylation sites (tertiary alicyclic amines) is 1. The number of hydrogen-bond acceptors (Lipinski definition) is 6. The van der Waals surface area contributed by atoms with Gasteiger partial charge < -0.3 is 9.64 Å². The van der Waals surface area contributed by atoms with Crippen LogP contribution in [0.4, 0.5) is 18.9 Å². The van der Waals surface area contributed by atoms with Gasteiger partial charge in [0.05, 0.1) is 11.3 Å². The van der Waals surface area contributed by atoms with Crippen molar-refractivity contribution in [3.63, 3.8) is 0 Å². The van der Waals surface area contributed by atoms with Crippen molar-refractivity contribution in [3.05, 3.63) is 60.2 Å². The summed E-state index contributed by atoms with van der Waals surface area (Å²) in [6.07, 6.45) is -2.44. The van der Waals surface area contributed by atoms with Crippen LogP contribution in [0.2, 0.25) is 0 Å². The van der Waals surface area contributed by atoms with Crippen LogP contribution in [-0.4, -0.2) is 45.8 Å². The second-order valence-electron chi connectivity index (χ2n) is 7.95. The predicted molar refractivity (Wildman–Crippen MR) is 130 cm³/mol. The van der Waals surface area contributed by atoms with Gasteiger partial charge in [-0.2, -0.15) is 13.2 Å². The maximum Gasteiger partial charge on any atom is 0.419 e. The SMILES string of the molecule is CSc1ccc(-c2ccc(S(=O)(=O)Nc3ccc(C(F)(F)F)c(O[C@@H]4CCN(C)C4)c3)s2)cc1. The summed E-state index contributed by atoms with van der Waals surface area (Å²) in [5.41, 5.74) is -0.0401. The minimum Gasteiger partial charge on any atom is -0.488 e. The van der Waals surface area contributed by atoms with E-state index in [1.54, 1.807) is 17.8 Å². The van der Waals surface area contributed by atoms with Gasteiger partial charge in [-0.1, -0.05) is 12.1 Å². The van der Waals surface area contributed by atoms with E-state index in [4.69, 9.17) is 4.74 Å². The molecule has 2 aromatic carbocycles. The molecule has 1 fully saturated rings. The smallest absolute Gasteiger partial charge is 0.419 e. The molecule has 1 aliphatic heterocycles. The normalized spacial score (nSPS) is 17.1. The number of anilines is 1. The maximum absolute atomic E-state index is 13.5. The molecule has 0 unspecified atom stereocenters. The molecule has 1 aromatic heterocycles. The molecular weight excluding hydrogens is 505 g/mol. The van der Waals surface area contributed by atoms with Gasteiger partial charge in [0.15, 0.2) is 0 Å². The Kier molecular flexibility index (Phi) is 7.18. The number of nitrogens with one attached hydrogen (secondary N) is 1. The zero-order valence-corrected chi connectivity index (χ0v) is 20.9. The highest BCUT2D eigenvalue weighted by atomic mass is 32.2. The largest absolute Gasteiger partial charge is 0.488 e. The summed E-state index contributed by atoms with van der Waals surface area (Å²) in [5.74, 6) is -0.381. The zero-order chi connectivity index (χ0) is 24.5. The van der Waals surface area contributed by atoms with E-state index in [2.05, 4.69) is 4.72 Å². The number of rotatable bonds is 7. The Morgan fingerprint density at radius 1 is 1.12 bits per heavy atom. The lowest BCUT2D eigenvalue weighted by Crippen LogP contribution is -2.23. The van der Waals surface area contributed by atoms with Gasteiger partial charge in [0.25, 0.3) is 10.0 Å². The van der Waals surface area contributed by atoms with Gasteiger partial charge in [-0.25, -0.2) is 8.42 Å². The van der Waals surface area contributed by atoms with E-state index in [-0.39, 0.29) is 15.6 Å². The molecule has 2 heterocycles. The molecule has 1 N–H and O–H groups in total. The van der Waals surface area contributed by atoms with Crippen LogP contribution in [-0.2, 0) is 16.2 Å². The average Bonchev–Trinajstić information content (AvgIpc) is 3.43. The first-order chi connectivity index (χ1) is 16.0. The van der Waals surface area contributed by atoms with Gasteiger partial charge in [-0.3, -0.25) is 4.72 Å². The van der Waals surface area contributed by atoms with Gasteiger partial charge in [0.2, 0.25) is 0 Å². The van der Waals surface area contributed by atoms with Crippen LogP contribution in [0.3, 0.4) is 0 Å². The van der Waals surface area contributed by atoms with Crippen LogP contribution in [0.5, 0.6) is 5.75 Å². The predicted octanol–water partition coefficient (Wildman–Crippen LogP) is 6.04. The van der Waals surface area contributed by atoms with Crippen molar-refractivity contribution in [1.82, 2.24) is 4.90 Å². The van der Waals surface area contributed by atoms with Gasteiger partial charge in [0, 0.05) is 28.9 Å². The first-order valence-electron chi connectivity index (χ1n) is 10.4. The summed E-state index contributed by atoms with van der Waals surface area (Å²) < 4.78 is 74.6. The number of nitrogens with zero attached hydrogens (tertiary/aromatic N) is 1. The molecule has 4 rings (SSSR count). The van der Waals surface area contributed by atoms with Crippen LogP contribution < -0.4 is 9.46 Å². The topological polar surface area (TPSA) is 58.6 Å². The highest BCUT2D eigenvalue weighted by Crippen LogP contribution is 2.39. The van der Waals surface area contributed by atoms with Crippen LogP contribution in [0.25, 0.3) is 10.4 Å². The molecule has 0 aliphatic carbocycles. The molecular formula is C23H23F3N2O3S3. The number of halogens is 3. The van der Waals surface area contributed by atoms with Crippen LogP contribution in [0, 0.1) is 0 Å². The highest BCUT2D eigenvalue weighted by Gasteiger charge is 2.36. The Morgan fingerprint density at radius 3 is 2.47 bits per heavy atom. The molecule has 5 nitrogen and oxygen atoms in total. The number of ether oxygens (including phenoxy) is 1. The Morgan fingerprint density at radius 2 is 1.85 bits per heavy atom. The molecule has 0 amide bonds. The summed E-state index contributed by atoms with van der Waals surface area (Å²) in [4.78, 5) is 3.84. The van der Waals surface area contributed by atoms with Crippen molar-refractivity contribution in [2.75, 3.05) is 31.1 Å². The average molecular weight is 529 g/mol. The minimum absolute atomic E-state index is 0.00799. The van der Waals surface area contributed by atoms with E-state index in [0.29, 0.717) is 13.0 Å². The first kappa shape index (κ1) is 24.9. The van der Waals surface area contributed by atoms with Gasteiger partial charge >= 0.3 is 6.18 Å². The molecule has 34 heavy (non-hydrogen) atoms. The second kappa shape index (κ2) is 9.80. The Balaban J connectivity index is 1.57.